The molecule has 3 fully saturated rings. The van der Waals surface area contributed by atoms with Crippen molar-refractivity contribution in [3.8, 4) is 33.8 Å². The van der Waals surface area contributed by atoms with Crippen molar-refractivity contribution in [1.29, 1.82) is 0 Å². The minimum atomic E-state index is -0.627. The molecule has 113 heavy (non-hydrogen) atoms. The van der Waals surface area contributed by atoms with Gasteiger partial charge in [0.15, 0.2) is 34.9 Å². The fourth-order valence-corrected chi connectivity index (χ4v) is 16.6. The summed E-state index contributed by atoms with van der Waals surface area (Å²) in [6, 6.07) is 22.3. The molecule has 6 aliphatic heterocycles. The summed E-state index contributed by atoms with van der Waals surface area (Å²) >= 11 is 0. The van der Waals surface area contributed by atoms with Crippen LogP contribution in [-0.2, 0) is 55.5 Å². The Bertz CT molecular complexity index is 5300. The summed E-state index contributed by atoms with van der Waals surface area (Å²) in [5.74, 6) is 1.41. The summed E-state index contributed by atoms with van der Waals surface area (Å²) in [5, 5.41) is 12.6. The molecule has 3 atom stereocenters. The number of anilines is 6. The Kier molecular flexibility index (Phi) is 20.8. The first-order chi connectivity index (χ1) is 54.1. The highest BCUT2D eigenvalue weighted by Crippen LogP contribution is 2.42. The molecule has 24 nitrogen and oxygen atoms in total. The van der Waals surface area contributed by atoms with E-state index in [1.807, 2.05) is 55.0 Å². The summed E-state index contributed by atoms with van der Waals surface area (Å²) in [6.45, 7) is 31.0. The maximum Gasteiger partial charge on any atom is 0.229 e. The lowest BCUT2D eigenvalue weighted by Gasteiger charge is -2.37. The lowest BCUT2D eigenvalue weighted by Crippen LogP contribution is -2.49. The first-order valence-corrected chi connectivity index (χ1v) is 38.8. The minimum Gasteiger partial charge on any atom is -0.322 e. The predicted molar refractivity (Wildman–Crippen MR) is 425 cm³/mol. The zero-order chi connectivity index (χ0) is 78.9. The van der Waals surface area contributed by atoms with Crippen LogP contribution in [0, 0.1) is 34.9 Å². The molecule has 12 aromatic rings. The number of halogens is 6. The molecule has 588 valence electrons. The molecule has 0 bridgehead atoms. The topological polar surface area (TPSA) is 234 Å². The van der Waals surface area contributed by atoms with Gasteiger partial charge in [-0.25, -0.2) is 86.2 Å². The van der Waals surface area contributed by atoms with E-state index in [0.29, 0.717) is 85.4 Å². The molecule has 0 saturated carbocycles. The quantitative estimate of drug-likeness (QED) is 0.0699. The highest BCUT2D eigenvalue weighted by Gasteiger charge is 2.37. The summed E-state index contributed by atoms with van der Waals surface area (Å²) in [4.78, 5) is 64.4. The zero-order valence-corrected chi connectivity index (χ0v) is 65.6. The Labute approximate surface area is 652 Å². The van der Waals surface area contributed by atoms with E-state index in [2.05, 4.69) is 196 Å². The number of fused-ring (bicyclic) bond motifs is 9. The van der Waals surface area contributed by atoms with Crippen LogP contribution >= 0.6 is 0 Å². The van der Waals surface area contributed by atoms with Crippen LogP contribution in [0.2, 0.25) is 0 Å². The monoisotopic (exact) mass is 1540 g/mol. The Morgan fingerprint density at radius 1 is 0.389 bits per heavy atom. The van der Waals surface area contributed by atoms with Gasteiger partial charge in [0, 0.05) is 168 Å². The largest absolute Gasteiger partial charge is 0.322 e. The van der Waals surface area contributed by atoms with Gasteiger partial charge < -0.3 is 44.8 Å². The summed E-state index contributed by atoms with van der Waals surface area (Å²) in [5.41, 5.74) is 6.74. The SMILES string of the molecule is C[C@H]1CN(Cc2ccc(Nc3ncc(F)c(-c4cc(F)c5nc6n(c5c4)C(C)(C)CC6)n3)nc2)CCN1.C[C@H]1CN(Cc2ccc(Nc3ncc(F)c(-c4cc(F)c5nc6n(c5c4)C(C)(C)CC6)n3)nc2)CCN1C.C[C@H]1CN(Cc2ccc(Nc3ncc(F)c(-c4cc(F)c5nc6n(c5c4)C(C)(C)CC6)n3)nc2)CCN1C. The maximum atomic E-state index is 15.1. The van der Waals surface area contributed by atoms with Crippen molar-refractivity contribution in [3.05, 3.63) is 179 Å². The number of pyridine rings is 3. The van der Waals surface area contributed by atoms with Gasteiger partial charge in [-0.05, 0) is 167 Å². The number of likely N-dealkylation sites (N-methyl/N-ethyl adjacent to an activating group) is 2. The molecular weight excluding hydrogens is 1450 g/mol. The van der Waals surface area contributed by atoms with E-state index in [4.69, 9.17) is 0 Å². The summed E-state index contributed by atoms with van der Waals surface area (Å²) < 4.78 is 96.0. The van der Waals surface area contributed by atoms with Crippen LogP contribution < -0.4 is 21.3 Å². The number of benzene rings is 3. The number of aromatic nitrogens is 15. The third kappa shape index (κ3) is 16.0. The van der Waals surface area contributed by atoms with Gasteiger partial charge in [-0.2, -0.15) is 0 Å². The van der Waals surface area contributed by atoms with Gasteiger partial charge in [0.05, 0.1) is 35.1 Å². The Morgan fingerprint density at radius 3 is 1.02 bits per heavy atom. The molecule has 0 unspecified atom stereocenters. The molecule has 3 saturated heterocycles. The predicted octanol–water partition coefficient (Wildman–Crippen LogP) is 13.8. The smallest absolute Gasteiger partial charge is 0.229 e. The molecule has 3 aromatic carbocycles. The van der Waals surface area contributed by atoms with Crippen LogP contribution in [0.15, 0.2) is 110 Å². The number of imidazole rings is 3. The molecule has 30 heteroatoms. The van der Waals surface area contributed by atoms with Gasteiger partial charge in [-0.15, -0.1) is 0 Å². The molecule has 0 spiro atoms. The third-order valence-electron chi connectivity index (χ3n) is 23.1. The average Bonchev–Trinajstić information content (AvgIpc) is 1.59. The van der Waals surface area contributed by atoms with E-state index < -0.39 is 34.9 Å². The second-order valence-electron chi connectivity index (χ2n) is 32.9. The van der Waals surface area contributed by atoms with Gasteiger partial charge in [0.25, 0.3) is 0 Å². The number of nitrogens with zero attached hydrogens (tertiary/aromatic N) is 20. The number of nitrogens with one attached hydrogen (secondary N) is 4. The first kappa shape index (κ1) is 76.5. The molecule has 18 rings (SSSR count). The Morgan fingerprint density at radius 2 is 0.717 bits per heavy atom. The van der Waals surface area contributed by atoms with Crippen molar-refractivity contribution in [2.45, 2.75) is 155 Å². The van der Waals surface area contributed by atoms with Gasteiger partial charge in [-0.1, -0.05) is 18.2 Å². The Hall–Kier alpha value is -10.5. The molecule has 9 aromatic heterocycles. The number of piperazine rings is 3. The number of aryl methyl sites for hydroxylation is 3. The maximum absolute atomic E-state index is 15.1. The van der Waals surface area contributed by atoms with E-state index in [-0.39, 0.29) is 51.5 Å². The zero-order valence-electron chi connectivity index (χ0n) is 65.6. The number of hydrogen-bond donors (Lipinski definition) is 4. The molecule has 4 N–H and O–H groups in total. The van der Waals surface area contributed by atoms with E-state index in [9.17, 15) is 13.2 Å². The van der Waals surface area contributed by atoms with Crippen molar-refractivity contribution in [2.75, 3.05) is 88.9 Å². The van der Waals surface area contributed by atoms with E-state index in [0.717, 1.165) is 170 Å². The molecule has 0 radical (unpaired) electrons. The highest BCUT2D eigenvalue weighted by molar-refractivity contribution is 5.86. The fourth-order valence-electron chi connectivity index (χ4n) is 16.6. The van der Waals surface area contributed by atoms with Crippen LogP contribution in [0.4, 0.5) is 61.6 Å². The van der Waals surface area contributed by atoms with Gasteiger partial charge in [-0.3, -0.25) is 14.7 Å². The van der Waals surface area contributed by atoms with Crippen LogP contribution in [0.3, 0.4) is 0 Å². The van der Waals surface area contributed by atoms with Crippen molar-refractivity contribution >= 4 is 68.4 Å². The molecule has 15 heterocycles. The average molecular weight is 1540 g/mol. The summed E-state index contributed by atoms with van der Waals surface area (Å²) in [7, 11) is 4.32. The van der Waals surface area contributed by atoms with E-state index in [1.54, 1.807) is 18.2 Å². The van der Waals surface area contributed by atoms with Crippen molar-refractivity contribution in [2.24, 2.45) is 0 Å². The van der Waals surface area contributed by atoms with Gasteiger partial charge in [0.2, 0.25) is 17.8 Å². The van der Waals surface area contributed by atoms with Crippen LogP contribution in [-0.4, -0.2) is 189 Å². The summed E-state index contributed by atoms with van der Waals surface area (Å²) in [6.07, 6.45) is 13.9. The van der Waals surface area contributed by atoms with E-state index >= 15 is 13.2 Å². The van der Waals surface area contributed by atoms with Gasteiger partial charge in [0.1, 0.15) is 68.6 Å². The highest BCUT2D eigenvalue weighted by atomic mass is 19.1. The Balaban J connectivity index is 0.000000128. The van der Waals surface area contributed by atoms with Crippen molar-refractivity contribution < 1.29 is 26.3 Å². The molecular formula is C83H94F6N24. The van der Waals surface area contributed by atoms with Crippen molar-refractivity contribution in [3.63, 3.8) is 0 Å². The minimum absolute atomic E-state index is 0.0223. The van der Waals surface area contributed by atoms with Gasteiger partial charge >= 0.3 is 0 Å². The lowest BCUT2D eigenvalue weighted by molar-refractivity contribution is 0.0999. The second-order valence-corrected chi connectivity index (χ2v) is 32.9. The van der Waals surface area contributed by atoms with Crippen molar-refractivity contribution in [1.82, 2.24) is 103 Å². The van der Waals surface area contributed by atoms with Crippen LogP contribution in [0.1, 0.15) is 116 Å². The van der Waals surface area contributed by atoms with E-state index in [1.165, 1.54) is 18.2 Å². The number of rotatable bonds is 15. The second kappa shape index (κ2) is 30.8. The molecule has 6 aliphatic rings. The van der Waals surface area contributed by atoms with Crippen LogP contribution in [0.25, 0.3) is 66.9 Å². The number of hydrogen-bond acceptors (Lipinski definition) is 21. The molecule has 0 aliphatic carbocycles. The third-order valence-corrected chi connectivity index (χ3v) is 23.1. The van der Waals surface area contributed by atoms with Crippen LogP contribution in [0.5, 0.6) is 0 Å². The standard InChI is InChI=1S/2C28H32F2N8.C27H30F2N8/c2*1-17-15-37(10-9-36(17)4)16-18-5-6-23(31-13-18)33-27-32-14-21(30)25(35-27)19-11-20(29)26-22(12-19)38-24(34-26)7-8-28(38,2)3;1-16-14-36(9-8-30-16)15-17-4-5-22(31-12-17)33-26-32-13-20(29)24(35-26)18-10-19(28)25-21(11-18)37-23(34-25)6-7-27(37,2)3/h2*5-6,11-14,17H,7-10,15-16H2,1-4H3,(H,31,32,33,35);4-5,10-13,16,30H,6-9,14-15H2,1-3H3,(H,31,32,33,35)/t2*17-;16-/m000/s1. The normalized spacial score (nSPS) is 19.6. The first-order valence-electron chi connectivity index (χ1n) is 38.8. The fraction of sp³-hybridized carbons (Fsp3) is 0.422. The lowest BCUT2D eigenvalue weighted by atomic mass is 10.0. The molecule has 0 amide bonds.